The Balaban J connectivity index is 2.28. The maximum atomic E-state index is 11.2. The number of hydrogen-bond acceptors (Lipinski definition) is 3. The molecule has 1 N–H and O–H groups in total. The third-order valence-electron chi connectivity index (χ3n) is 3.07. The molecular weight excluding hydrogens is 240 g/mol. The molecule has 0 atom stereocenters. The first-order valence-electron chi connectivity index (χ1n) is 6.03. The van der Waals surface area contributed by atoms with Crippen LogP contribution in [0.4, 0.5) is 5.69 Å². The van der Waals surface area contributed by atoms with E-state index in [2.05, 4.69) is 4.98 Å². The van der Waals surface area contributed by atoms with E-state index in [4.69, 9.17) is 5.11 Å². The largest absolute Gasteiger partial charge is 0.476 e. The minimum atomic E-state index is -1.01. The third-order valence-corrected chi connectivity index (χ3v) is 3.07. The molecule has 19 heavy (non-hydrogen) atoms. The molecule has 2 aromatic rings. The van der Waals surface area contributed by atoms with E-state index in [-0.39, 0.29) is 5.69 Å². The van der Waals surface area contributed by atoms with E-state index in [0.29, 0.717) is 12.2 Å². The van der Waals surface area contributed by atoms with E-state index in [0.717, 1.165) is 0 Å². The molecule has 0 saturated heterocycles. The van der Waals surface area contributed by atoms with E-state index < -0.39 is 5.97 Å². The monoisotopic (exact) mass is 256 g/mol. The van der Waals surface area contributed by atoms with Crippen LogP contribution in [0.1, 0.15) is 21.6 Å². The number of pyridine rings is 1. The molecule has 0 bridgehead atoms. The predicted molar refractivity (Wildman–Crippen MR) is 74.5 cm³/mol. The lowest BCUT2D eigenvalue weighted by Gasteiger charge is -2.21. The zero-order valence-electron chi connectivity index (χ0n) is 11.0. The average Bonchev–Trinajstić information content (AvgIpc) is 2.41. The van der Waals surface area contributed by atoms with Crippen molar-refractivity contribution in [2.45, 2.75) is 13.5 Å². The highest BCUT2D eigenvalue weighted by Gasteiger charge is 2.14. The van der Waals surface area contributed by atoms with Gasteiger partial charge in [0.25, 0.3) is 0 Å². The van der Waals surface area contributed by atoms with Gasteiger partial charge < -0.3 is 10.0 Å². The zero-order chi connectivity index (χ0) is 13.8. The van der Waals surface area contributed by atoms with Gasteiger partial charge >= 0.3 is 5.97 Å². The number of carboxylic acid groups (broad SMARTS) is 1. The second-order valence-electron chi connectivity index (χ2n) is 4.46. The van der Waals surface area contributed by atoms with Gasteiger partial charge in [0.2, 0.25) is 0 Å². The van der Waals surface area contributed by atoms with E-state index in [1.165, 1.54) is 17.3 Å². The van der Waals surface area contributed by atoms with Gasteiger partial charge in [0, 0.05) is 19.8 Å². The van der Waals surface area contributed by atoms with Crippen molar-refractivity contribution in [3.8, 4) is 0 Å². The average molecular weight is 256 g/mol. The summed E-state index contributed by atoms with van der Waals surface area (Å²) >= 11 is 0. The smallest absolute Gasteiger partial charge is 0.356 e. The van der Waals surface area contributed by atoms with Crippen LogP contribution in [0.3, 0.4) is 0 Å². The summed E-state index contributed by atoms with van der Waals surface area (Å²) in [7, 11) is 1.87. The lowest BCUT2D eigenvalue weighted by atomic mass is 10.1. The van der Waals surface area contributed by atoms with Gasteiger partial charge in [0.1, 0.15) is 0 Å². The Bertz CT molecular complexity index is 596. The van der Waals surface area contributed by atoms with Gasteiger partial charge in [-0.1, -0.05) is 24.3 Å². The van der Waals surface area contributed by atoms with E-state index >= 15 is 0 Å². The Morgan fingerprint density at radius 3 is 2.68 bits per heavy atom. The first-order valence-corrected chi connectivity index (χ1v) is 6.03. The fourth-order valence-electron chi connectivity index (χ4n) is 2.00. The number of aromatic carboxylic acids is 1. The molecule has 0 aliphatic carbocycles. The van der Waals surface area contributed by atoms with Crippen LogP contribution in [-0.2, 0) is 6.54 Å². The molecular formula is C15H16N2O2. The van der Waals surface area contributed by atoms with Crippen molar-refractivity contribution in [1.29, 1.82) is 0 Å². The fraction of sp³-hybridized carbons (Fsp3) is 0.200. The van der Waals surface area contributed by atoms with Crippen molar-refractivity contribution in [2.24, 2.45) is 0 Å². The summed E-state index contributed by atoms with van der Waals surface area (Å²) in [4.78, 5) is 17.0. The molecule has 98 valence electrons. The first-order chi connectivity index (χ1) is 9.09. The second kappa shape index (κ2) is 5.52. The molecule has 4 heteroatoms. The molecule has 2 rings (SSSR count). The fourth-order valence-corrected chi connectivity index (χ4v) is 2.00. The molecule has 0 aliphatic rings. The topological polar surface area (TPSA) is 53.4 Å². The van der Waals surface area contributed by atoms with Crippen molar-refractivity contribution in [2.75, 3.05) is 11.9 Å². The Hall–Kier alpha value is -2.36. The maximum Gasteiger partial charge on any atom is 0.356 e. The Kier molecular flexibility index (Phi) is 3.80. The maximum absolute atomic E-state index is 11.2. The molecule has 1 heterocycles. The predicted octanol–water partition coefficient (Wildman–Crippen LogP) is 2.72. The standard InChI is InChI=1S/C15H16N2O2/c1-11-6-3-4-7-12(11)10-17(2)13-8-5-9-16-14(13)15(18)19/h3-9H,10H2,1-2H3,(H,18,19). The molecule has 0 saturated carbocycles. The number of carbonyl (C=O) groups is 1. The van der Waals surface area contributed by atoms with E-state index in [9.17, 15) is 4.79 Å². The normalized spacial score (nSPS) is 10.2. The van der Waals surface area contributed by atoms with Crippen LogP contribution < -0.4 is 4.90 Å². The number of aromatic nitrogens is 1. The minimum Gasteiger partial charge on any atom is -0.476 e. The SMILES string of the molecule is Cc1ccccc1CN(C)c1cccnc1C(=O)O. The minimum absolute atomic E-state index is 0.0820. The Labute approximate surface area is 112 Å². The number of hydrogen-bond donors (Lipinski definition) is 1. The highest BCUT2D eigenvalue weighted by molar-refractivity contribution is 5.92. The van der Waals surface area contributed by atoms with Crippen LogP contribution in [0.2, 0.25) is 0 Å². The van der Waals surface area contributed by atoms with Crippen LogP contribution in [-0.4, -0.2) is 23.1 Å². The Morgan fingerprint density at radius 2 is 2.00 bits per heavy atom. The zero-order valence-corrected chi connectivity index (χ0v) is 11.0. The van der Waals surface area contributed by atoms with Crippen molar-refractivity contribution < 1.29 is 9.90 Å². The molecule has 0 fully saturated rings. The molecule has 1 aromatic heterocycles. The summed E-state index contributed by atoms with van der Waals surface area (Å²) in [5.41, 5.74) is 3.07. The third kappa shape index (κ3) is 2.91. The summed E-state index contributed by atoms with van der Waals surface area (Å²) in [5, 5.41) is 9.15. The molecule has 4 nitrogen and oxygen atoms in total. The number of benzene rings is 1. The van der Waals surface area contributed by atoms with Crippen LogP contribution >= 0.6 is 0 Å². The lowest BCUT2D eigenvalue weighted by molar-refractivity contribution is 0.0691. The number of anilines is 1. The lowest BCUT2D eigenvalue weighted by Crippen LogP contribution is -2.20. The van der Waals surface area contributed by atoms with Gasteiger partial charge in [0.15, 0.2) is 5.69 Å². The van der Waals surface area contributed by atoms with Gasteiger partial charge in [-0.2, -0.15) is 0 Å². The number of nitrogens with zero attached hydrogens (tertiary/aromatic N) is 2. The Morgan fingerprint density at radius 1 is 1.26 bits per heavy atom. The summed E-state index contributed by atoms with van der Waals surface area (Å²) in [6, 6.07) is 11.6. The number of aryl methyl sites for hydroxylation is 1. The highest BCUT2D eigenvalue weighted by Crippen LogP contribution is 2.20. The van der Waals surface area contributed by atoms with E-state index in [1.54, 1.807) is 12.1 Å². The van der Waals surface area contributed by atoms with Crippen LogP contribution in [0.15, 0.2) is 42.6 Å². The summed E-state index contributed by atoms with van der Waals surface area (Å²) in [6.07, 6.45) is 1.49. The van der Waals surface area contributed by atoms with Crippen LogP contribution in [0.5, 0.6) is 0 Å². The summed E-state index contributed by atoms with van der Waals surface area (Å²) in [6.45, 7) is 2.70. The van der Waals surface area contributed by atoms with Crippen molar-refractivity contribution >= 4 is 11.7 Å². The first kappa shape index (κ1) is 13.1. The van der Waals surface area contributed by atoms with Crippen molar-refractivity contribution in [3.05, 3.63) is 59.4 Å². The van der Waals surface area contributed by atoms with Crippen molar-refractivity contribution in [3.63, 3.8) is 0 Å². The highest BCUT2D eigenvalue weighted by atomic mass is 16.4. The van der Waals surface area contributed by atoms with Gasteiger partial charge in [0.05, 0.1) is 5.69 Å². The molecule has 0 unspecified atom stereocenters. The van der Waals surface area contributed by atoms with Crippen LogP contribution in [0.25, 0.3) is 0 Å². The molecule has 0 aliphatic heterocycles. The van der Waals surface area contributed by atoms with Crippen LogP contribution in [0, 0.1) is 6.92 Å². The van der Waals surface area contributed by atoms with Gasteiger partial charge in [-0.25, -0.2) is 9.78 Å². The molecule has 0 spiro atoms. The van der Waals surface area contributed by atoms with Crippen molar-refractivity contribution in [1.82, 2.24) is 4.98 Å². The number of carboxylic acids is 1. The van der Waals surface area contributed by atoms with Gasteiger partial charge in [-0.3, -0.25) is 0 Å². The quantitative estimate of drug-likeness (QED) is 0.913. The second-order valence-corrected chi connectivity index (χ2v) is 4.46. The summed E-state index contributed by atoms with van der Waals surface area (Å²) in [5.74, 6) is -1.01. The van der Waals surface area contributed by atoms with E-state index in [1.807, 2.05) is 43.1 Å². The number of rotatable bonds is 4. The molecule has 1 aromatic carbocycles. The molecule has 0 amide bonds. The van der Waals surface area contributed by atoms with Gasteiger partial charge in [-0.05, 0) is 30.2 Å². The van der Waals surface area contributed by atoms with Gasteiger partial charge in [-0.15, -0.1) is 0 Å². The molecule has 0 radical (unpaired) electrons. The summed E-state index contributed by atoms with van der Waals surface area (Å²) < 4.78 is 0.